The minimum absolute atomic E-state index is 0.310. The van der Waals surface area contributed by atoms with E-state index in [4.69, 9.17) is 4.74 Å². The van der Waals surface area contributed by atoms with Crippen molar-refractivity contribution in [2.75, 3.05) is 12.9 Å². The normalized spacial score (nSPS) is 11.2. The van der Waals surface area contributed by atoms with Crippen molar-refractivity contribution in [1.29, 1.82) is 0 Å². The van der Waals surface area contributed by atoms with Crippen molar-refractivity contribution in [2.45, 2.75) is 18.9 Å². The molecule has 0 N–H and O–H groups in total. The molecule has 108 valence electrons. The van der Waals surface area contributed by atoms with E-state index in [1.807, 2.05) is 48.9 Å². The second-order valence-corrected chi connectivity index (χ2v) is 5.55. The van der Waals surface area contributed by atoms with Gasteiger partial charge in [-0.05, 0) is 37.8 Å². The number of fused-ring (bicyclic) bond motifs is 3. The van der Waals surface area contributed by atoms with Crippen LogP contribution in [0.15, 0.2) is 35.4 Å². The third-order valence-corrected chi connectivity index (χ3v) is 4.11. The van der Waals surface area contributed by atoms with E-state index in [1.165, 1.54) is 11.8 Å². The van der Waals surface area contributed by atoms with E-state index >= 15 is 0 Å². The smallest absolute Gasteiger partial charge is 0.343 e. The van der Waals surface area contributed by atoms with Crippen LogP contribution in [0.5, 0.6) is 0 Å². The Hall–Kier alpha value is -2.01. The fraction of sp³-hybridized carbons (Fsp3) is 0.250. The Morgan fingerprint density at radius 3 is 2.86 bits per heavy atom. The summed E-state index contributed by atoms with van der Waals surface area (Å²) < 4.78 is 7.05. The van der Waals surface area contributed by atoms with Gasteiger partial charge in [-0.25, -0.2) is 9.31 Å². The van der Waals surface area contributed by atoms with Crippen molar-refractivity contribution in [2.24, 2.45) is 0 Å². The first kappa shape index (κ1) is 13.9. The summed E-state index contributed by atoms with van der Waals surface area (Å²) in [5.41, 5.74) is 3.40. The quantitative estimate of drug-likeness (QED) is 0.546. The molecule has 0 aliphatic heterocycles. The van der Waals surface area contributed by atoms with Gasteiger partial charge in [-0.15, -0.1) is 11.8 Å². The summed E-state index contributed by atoms with van der Waals surface area (Å²) in [5, 5.41) is 6.41. The molecule has 21 heavy (non-hydrogen) atoms. The first-order valence-corrected chi connectivity index (χ1v) is 8.02. The Kier molecular flexibility index (Phi) is 3.59. The third kappa shape index (κ3) is 2.17. The van der Waals surface area contributed by atoms with Gasteiger partial charge in [-0.2, -0.15) is 5.10 Å². The maximum atomic E-state index is 12.3. The first-order valence-electron chi connectivity index (χ1n) is 6.79. The number of rotatable bonds is 3. The zero-order valence-electron chi connectivity index (χ0n) is 12.2. The highest BCUT2D eigenvalue weighted by molar-refractivity contribution is 7.98. The van der Waals surface area contributed by atoms with E-state index in [1.54, 1.807) is 0 Å². The minimum atomic E-state index is -0.310. The van der Waals surface area contributed by atoms with Gasteiger partial charge in [0.25, 0.3) is 0 Å². The predicted octanol–water partition coefficient (Wildman–Crippen LogP) is 3.69. The first-order chi connectivity index (χ1) is 10.2. The molecule has 0 radical (unpaired) electrons. The Labute approximate surface area is 127 Å². The van der Waals surface area contributed by atoms with Gasteiger partial charge in [0.2, 0.25) is 0 Å². The summed E-state index contributed by atoms with van der Waals surface area (Å²) in [5.74, 6) is -0.310. The number of esters is 1. The number of aryl methyl sites for hydroxylation is 1. The second kappa shape index (κ2) is 5.41. The largest absolute Gasteiger partial charge is 0.462 e. The molecule has 0 amide bonds. The van der Waals surface area contributed by atoms with Crippen molar-refractivity contribution in [3.05, 3.63) is 41.5 Å². The predicted molar refractivity (Wildman–Crippen MR) is 85.2 cm³/mol. The summed E-state index contributed by atoms with van der Waals surface area (Å²) in [4.78, 5) is 12.3. The molecule has 3 rings (SSSR count). The summed E-state index contributed by atoms with van der Waals surface area (Å²) in [6.45, 7) is 4.16. The van der Waals surface area contributed by atoms with Gasteiger partial charge in [0.15, 0.2) is 0 Å². The highest BCUT2D eigenvalue weighted by Gasteiger charge is 2.23. The summed E-state index contributed by atoms with van der Waals surface area (Å²) in [7, 11) is 0. The van der Waals surface area contributed by atoms with E-state index in [0.717, 1.165) is 22.0 Å². The van der Waals surface area contributed by atoms with Gasteiger partial charge < -0.3 is 4.74 Å². The number of benzene rings is 1. The number of thioether (sulfide) groups is 1. The number of hydrogen-bond acceptors (Lipinski definition) is 4. The molecular weight excluding hydrogens is 284 g/mol. The number of carbonyl (C=O) groups excluding carboxylic acids is 1. The van der Waals surface area contributed by atoms with Crippen molar-refractivity contribution >= 4 is 34.2 Å². The lowest BCUT2D eigenvalue weighted by Gasteiger charge is -2.06. The van der Waals surface area contributed by atoms with E-state index in [2.05, 4.69) is 11.2 Å². The third-order valence-electron chi connectivity index (χ3n) is 3.44. The highest BCUT2D eigenvalue weighted by Crippen LogP contribution is 2.30. The van der Waals surface area contributed by atoms with Crippen molar-refractivity contribution in [3.63, 3.8) is 0 Å². The van der Waals surface area contributed by atoms with Gasteiger partial charge in [0.1, 0.15) is 10.6 Å². The van der Waals surface area contributed by atoms with Gasteiger partial charge in [-0.3, -0.25) is 0 Å². The second-order valence-electron chi connectivity index (χ2n) is 4.75. The number of para-hydroxylation sites is 1. The Balaban J connectivity index is 2.42. The lowest BCUT2D eigenvalue weighted by molar-refractivity contribution is 0.0524. The lowest BCUT2D eigenvalue weighted by Crippen LogP contribution is -2.06. The van der Waals surface area contributed by atoms with Gasteiger partial charge in [-0.1, -0.05) is 18.2 Å². The molecule has 0 unspecified atom stereocenters. The van der Waals surface area contributed by atoms with Crippen LogP contribution >= 0.6 is 11.8 Å². The van der Waals surface area contributed by atoms with Gasteiger partial charge in [0.05, 0.1) is 17.6 Å². The van der Waals surface area contributed by atoms with Crippen LogP contribution in [-0.2, 0) is 4.74 Å². The minimum Gasteiger partial charge on any atom is -0.462 e. The van der Waals surface area contributed by atoms with Gasteiger partial charge >= 0.3 is 5.97 Å². The highest BCUT2D eigenvalue weighted by atomic mass is 32.2. The number of pyridine rings is 1. The Morgan fingerprint density at radius 2 is 2.14 bits per heavy atom. The Bertz CT molecular complexity index is 839. The van der Waals surface area contributed by atoms with E-state index in [0.29, 0.717) is 17.2 Å². The molecule has 0 saturated heterocycles. The SMILES string of the molecule is CCOC(=O)c1c(SC)nn2c1c(C)cc1ccccc12. The van der Waals surface area contributed by atoms with Crippen molar-refractivity contribution in [1.82, 2.24) is 9.61 Å². The van der Waals surface area contributed by atoms with Gasteiger partial charge in [0, 0.05) is 5.39 Å². The van der Waals surface area contributed by atoms with Crippen LogP contribution in [-0.4, -0.2) is 28.4 Å². The number of aromatic nitrogens is 2. The molecule has 0 aliphatic carbocycles. The maximum absolute atomic E-state index is 12.3. The zero-order chi connectivity index (χ0) is 15.0. The van der Waals surface area contributed by atoms with Crippen LogP contribution in [0.1, 0.15) is 22.8 Å². The molecule has 5 heteroatoms. The van der Waals surface area contributed by atoms with Crippen LogP contribution in [0.3, 0.4) is 0 Å². The number of carbonyl (C=O) groups is 1. The summed E-state index contributed by atoms with van der Waals surface area (Å²) in [6, 6.07) is 10.1. The van der Waals surface area contributed by atoms with E-state index in [9.17, 15) is 4.79 Å². The maximum Gasteiger partial charge on any atom is 0.343 e. The number of nitrogens with zero attached hydrogens (tertiary/aromatic N) is 2. The lowest BCUT2D eigenvalue weighted by atomic mass is 10.1. The fourth-order valence-corrected chi connectivity index (χ4v) is 3.12. The Morgan fingerprint density at radius 1 is 1.38 bits per heavy atom. The van der Waals surface area contributed by atoms with Crippen molar-refractivity contribution in [3.8, 4) is 0 Å². The molecule has 4 nitrogen and oxygen atoms in total. The fourth-order valence-electron chi connectivity index (χ4n) is 2.57. The number of ether oxygens (including phenoxy) is 1. The van der Waals surface area contributed by atoms with Crippen molar-refractivity contribution < 1.29 is 9.53 Å². The molecule has 0 fully saturated rings. The summed E-state index contributed by atoms with van der Waals surface area (Å²) >= 11 is 1.46. The van der Waals surface area contributed by atoms with E-state index < -0.39 is 0 Å². The van der Waals surface area contributed by atoms with Crippen LogP contribution in [0, 0.1) is 6.92 Å². The molecular formula is C16H16N2O2S. The topological polar surface area (TPSA) is 43.6 Å². The molecule has 3 aromatic rings. The van der Waals surface area contributed by atoms with E-state index in [-0.39, 0.29) is 5.97 Å². The van der Waals surface area contributed by atoms with Crippen LogP contribution < -0.4 is 0 Å². The molecule has 0 saturated carbocycles. The molecule has 2 heterocycles. The van der Waals surface area contributed by atoms with Crippen LogP contribution in [0.25, 0.3) is 16.4 Å². The standard InChI is InChI=1S/C16H16N2O2S/c1-4-20-16(19)13-14-10(2)9-11-7-5-6-8-12(11)18(14)17-15(13)21-3/h5-9H,4H2,1-3H3. The summed E-state index contributed by atoms with van der Waals surface area (Å²) in [6.07, 6.45) is 1.92. The zero-order valence-corrected chi connectivity index (χ0v) is 13.0. The molecule has 0 aliphatic rings. The molecule has 1 aromatic carbocycles. The average Bonchev–Trinajstić information content (AvgIpc) is 2.88. The van der Waals surface area contributed by atoms with Crippen LogP contribution in [0.2, 0.25) is 0 Å². The molecule has 0 atom stereocenters. The molecule has 0 spiro atoms. The number of hydrogen-bond donors (Lipinski definition) is 0. The van der Waals surface area contributed by atoms with Crippen LogP contribution in [0.4, 0.5) is 0 Å². The average molecular weight is 300 g/mol. The molecule has 0 bridgehead atoms. The molecule has 2 aromatic heterocycles. The monoisotopic (exact) mass is 300 g/mol.